The Morgan fingerprint density at radius 2 is 1.82 bits per heavy atom. The monoisotopic (exact) mass is 612 g/mol. The fraction of sp³-hybridized carbons (Fsp3) is 0.545. The number of benzene rings is 1. The van der Waals surface area contributed by atoms with Crippen molar-refractivity contribution < 1.29 is 22.7 Å². The molecule has 1 aliphatic carbocycles. The van der Waals surface area contributed by atoms with Gasteiger partial charge in [-0.1, -0.05) is 18.7 Å². The van der Waals surface area contributed by atoms with Crippen molar-refractivity contribution in [1.29, 1.82) is 0 Å². The minimum atomic E-state index is -4.61. The lowest BCUT2D eigenvalue weighted by atomic mass is 9.89. The number of aromatic nitrogens is 3. The van der Waals surface area contributed by atoms with Crippen molar-refractivity contribution in [2.45, 2.75) is 83.1 Å². The third-order valence-corrected chi connectivity index (χ3v) is 8.60. The molecule has 11 heteroatoms. The Labute approximate surface area is 257 Å². The second-order valence-electron chi connectivity index (χ2n) is 12.8. The Bertz CT molecular complexity index is 1460. The maximum absolute atomic E-state index is 13.9. The summed E-state index contributed by atoms with van der Waals surface area (Å²) in [6, 6.07) is 8.04. The van der Waals surface area contributed by atoms with E-state index in [-0.39, 0.29) is 23.2 Å². The van der Waals surface area contributed by atoms with E-state index >= 15 is 0 Å². The van der Waals surface area contributed by atoms with Crippen LogP contribution in [-0.4, -0.2) is 76.7 Å². The van der Waals surface area contributed by atoms with Crippen molar-refractivity contribution >= 4 is 27.9 Å². The van der Waals surface area contributed by atoms with Gasteiger partial charge in [0.25, 0.3) is 5.91 Å². The van der Waals surface area contributed by atoms with Crippen LogP contribution in [0.15, 0.2) is 43.2 Å². The number of aryl methyl sites for hydroxylation is 1. The molecule has 5 rings (SSSR count). The summed E-state index contributed by atoms with van der Waals surface area (Å²) in [5, 5.41) is 11.9. The number of halogens is 3. The molecule has 0 atom stereocenters. The Hall–Kier alpha value is -3.44. The largest absolute Gasteiger partial charge is 0.417 e. The van der Waals surface area contributed by atoms with Gasteiger partial charge in [0.05, 0.1) is 41.8 Å². The van der Waals surface area contributed by atoms with E-state index in [2.05, 4.69) is 32.2 Å². The van der Waals surface area contributed by atoms with Gasteiger partial charge in [0.1, 0.15) is 0 Å². The van der Waals surface area contributed by atoms with Crippen LogP contribution in [0.25, 0.3) is 16.3 Å². The molecule has 2 fully saturated rings. The summed E-state index contributed by atoms with van der Waals surface area (Å²) in [5.41, 5.74) is 0.440. The number of carbonyl (C=O) groups is 1. The zero-order valence-corrected chi connectivity index (χ0v) is 25.8. The average Bonchev–Trinajstić information content (AvgIpc) is 3.51. The molecule has 1 saturated carbocycles. The zero-order valence-electron chi connectivity index (χ0n) is 25.8. The lowest BCUT2D eigenvalue weighted by Gasteiger charge is -2.39. The van der Waals surface area contributed by atoms with Gasteiger partial charge in [0.15, 0.2) is 0 Å². The number of nitrogens with zero attached hydrogens (tertiary/aromatic N) is 4. The molecule has 238 valence electrons. The number of fused-ring (bicyclic) bond motifs is 1. The molecule has 3 heterocycles. The molecule has 44 heavy (non-hydrogen) atoms. The molecule has 8 nitrogen and oxygen atoms in total. The molecular formula is C33H43F3N6O2. The summed E-state index contributed by atoms with van der Waals surface area (Å²) in [6.07, 6.45) is 3.68. The van der Waals surface area contributed by atoms with Gasteiger partial charge in [-0.15, -0.1) is 0 Å². The molecule has 0 spiro atoms. The molecule has 3 aromatic rings. The number of ether oxygens (including phenoxy) is 1. The number of hydrogen-bond donors (Lipinski definition) is 2. The molecule has 0 unspecified atom stereocenters. The topological polar surface area (TPSA) is 84.3 Å². The third-order valence-electron chi connectivity index (χ3n) is 8.60. The quantitative estimate of drug-likeness (QED) is 0.281. The average molecular weight is 613 g/mol. The number of anilines is 1. The summed E-state index contributed by atoms with van der Waals surface area (Å²) >= 11 is 0. The molecule has 1 aromatic carbocycles. The van der Waals surface area contributed by atoms with Gasteiger partial charge in [-0.05, 0) is 71.4 Å². The first-order valence-electron chi connectivity index (χ1n) is 15.5. The number of carbonyl (C=O) groups excluding carboxylic acids is 1. The van der Waals surface area contributed by atoms with E-state index in [9.17, 15) is 18.0 Å². The normalized spacial score (nSPS) is 20.0. The highest BCUT2D eigenvalue weighted by atomic mass is 19.4. The summed E-state index contributed by atoms with van der Waals surface area (Å²) in [4.78, 5) is 19.6. The summed E-state index contributed by atoms with van der Waals surface area (Å²) < 4.78 is 48.8. The minimum absolute atomic E-state index is 0.150. The standard InChI is InChI=1S/C33H43F3N6O2/c1-22(33(34,35)36)30-27-8-5-9-29(39-24-10-12-26(13-11-24)41-15-17-44-18-16-41)28(27)19-25(40-30)7-6-14-37-31(43)23-20-38-42(21-23)32(2,3)4/h5,8-9,19-21,24,26,39H,1,6-7,10-18H2,2-4H3,(H,37,43). The SMILES string of the molecule is C=C(c1nc(CCCNC(=O)c2cnn(C(C)(C)C)c2)cc2c(NC3CCC(N4CCOCC4)CC3)cccc12)C(F)(F)F. The van der Waals surface area contributed by atoms with Gasteiger partial charge < -0.3 is 15.4 Å². The second-order valence-corrected chi connectivity index (χ2v) is 12.8. The highest BCUT2D eigenvalue weighted by molar-refractivity contribution is 6.00. The van der Waals surface area contributed by atoms with E-state index in [0.717, 1.165) is 57.7 Å². The van der Waals surface area contributed by atoms with Crippen molar-refractivity contribution in [1.82, 2.24) is 25.0 Å². The van der Waals surface area contributed by atoms with Crippen LogP contribution >= 0.6 is 0 Å². The van der Waals surface area contributed by atoms with Gasteiger partial charge in [-0.3, -0.25) is 19.4 Å². The van der Waals surface area contributed by atoms with Gasteiger partial charge in [-0.2, -0.15) is 18.3 Å². The Balaban J connectivity index is 1.28. The van der Waals surface area contributed by atoms with Crippen molar-refractivity contribution in [2.75, 3.05) is 38.2 Å². The van der Waals surface area contributed by atoms with E-state index in [1.54, 1.807) is 23.0 Å². The van der Waals surface area contributed by atoms with E-state index in [1.807, 2.05) is 32.9 Å². The molecule has 0 bridgehead atoms. The van der Waals surface area contributed by atoms with Crippen LogP contribution in [0.1, 0.15) is 74.6 Å². The molecule has 2 aliphatic rings. The van der Waals surface area contributed by atoms with Crippen molar-refractivity contribution in [2.24, 2.45) is 0 Å². The van der Waals surface area contributed by atoms with Crippen LogP contribution in [0.4, 0.5) is 18.9 Å². The number of hydrogen-bond acceptors (Lipinski definition) is 6. The Morgan fingerprint density at radius 3 is 2.48 bits per heavy atom. The fourth-order valence-corrected chi connectivity index (χ4v) is 6.08. The molecule has 2 aromatic heterocycles. The molecule has 2 N–H and O–H groups in total. The van der Waals surface area contributed by atoms with Gasteiger partial charge >= 0.3 is 6.18 Å². The Morgan fingerprint density at radius 1 is 1.09 bits per heavy atom. The van der Waals surface area contributed by atoms with Crippen molar-refractivity contribution in [3.05, 3.63) is 60.2 Å². The number of alkyl halides is 3. The maximum Gasteiger partial charge on any atom is 0.417 e. The van der Waals surface area contributed by atoms with Gasteiger partial charge in [-0.25, -0.2) is 0 Å². The Kier molecular flexibility index (Phi) is 9.65. The lowest BCUT2D eigenvalue weighted by Crippen LogP contribution is -2.46. The zero-order chi connectivity index (χ0) is 31.5. The van der Waals surface area contributed by atoms with Crippen LogP contribution in [0.3, 0.4) is 0 Å². The van der Waals surface area contributed by atoms with Crippen molar-refractivity contribution in [3.63, 3.8) is 0 Å². The summed E-state index contributed by atoms with van der Waals surface area (Å²) in [6.45, 7) is 13.2. The first-order valence-corrected chi connectivity index (χ1v) is 15.5. The summed E-state index contributed by atoms with van der Waals surface area (Å²) in [5.74, 6) is -0.243. The van der Waals surface area contributed by atoms with Crippen LogP contribution in [0.2, 0.25) is 0 Å². The lowest BCUT2D eigenvalue weighted by molar-refractivity contribution is -0.0688. The number of rotatable bonds is 9. The van der Waals surface area contributed by atoms with E-state index in [0.29, 0.717) is 47.5 Å². The highest BCUT2D eigenvalue weighted by Gasteiger charge is 2.35. The molecule has 1 amide bonds. The van der Waals surface area contributed by atoms with E-state index < -0.39 is 11.7 Å². The van der Waals surface area contributed by atoms with Crippen LogP contribution in [0, 0.1) is 0 Å². The number of pyridine rings is 1. The first-order chi connectivity index (χ1) is 20.9. The second kappa shape index (κ2) is 13.3. The first kappa shape index (κ1) is 32.0. The number of morpholine rings is 1. The van der Waals surface area contributed by atoms with Crippen LogP contribution in [0.5, 0.6) is 0 Å². The maximum atomic E-state index is 13.9. The molecular weight excluding hydrogens is 569 g/mol. The smallest absolute Gasteiger partial charge is 0.382 e. The number of allylic oxidation sites excluding steroid dienone is 1. The third kappa shape index (κ3) is 7.61. The molecule has 1 saturated heterocycles. The van der Waals surface area contributed by atoms with Crippen molar-refractivity contribution in [3.8, 4) is 0 Å². The number of nitrogens with one attached hydrogen (secondary N) is 2. The van der Waals surface area contributed by atoms with Crippen LogP contribution in [-0.2, 0) is 16.7 Å². The fourth-order valence-electron chi connectivity index (χ4n) is 6.08. The highest BCUT2D eigenvalue weighted by Crippen LogP contribution is 2.38. The predicted molar refractivity (Wildman–Crippen MR) is 167 cm³/mol. The van der Waals surface area contributed by atoms with Crippen LogP contribution < -0.4 is 10.6 Å². The minimum Gasteiger partial charge on any atom is -0.382 e. The number of amides is 1. The molecule has 1 aliphatic heterocycles. The summed E-state index contributed by atoms with van der Waals surface area (Å²) in [7, 11) is 0. The van der Waals surface area contributed by atoms with Gasteiger partial charge in [0, 0.05) is 60.1 Å². The molecule has 0 radical (unpaired) electrons. The van der Waals surface area contributed by atoms with Gasteiger partial charge in [0.2, 0.25) is 0 Å². The predicted octanol–water partition coefficient (Wildman–Crippen LogP) is 6.18. The van der Waals surface area contributed by atoms with E-state index in [1.165, 1.54) is 6.20 Å². The van der Waals surface area contributed by atoms with E-state index in [4.69, 9.17) is 4.74 Å².